The second-order valence-corrected chi connectivity index (χ2v) is 5.40. The van der Waals surface area contributed by atoms with Gasteiger partial charge in [-0.1, -0.05) is 0 Å². The fraction of sp³-hybridized carbons (Fsp3) is 0.462. The van der Waals surface area contributed by atoms with Crippen LogP contribution in [0.4, 0.5) is 5.69 Å². The summed E-state index contributed by atoms with van der Waals surface area (Å²) in [4.78, 5) is 2.03. The zero-order valence-corrected chi connectivity index (χ0v) is 11.9. The Hall–Kier alpha value is -2.51. The fourth-order valence-electron chi connectivity index (χ4n) is 2.38. The Morgan fingerprint density at radius 3 is 2.90 bits per heavy atom. The van der Waals surface area contributed by atoms with Crippen LogP contribution in [-0.4, -0.2) is 37.1 Å². The molecule has 3 aromatic rings. The van der Waals surface area contributed by atoms with Crippen molar-refractivity contribution >= 4 is 11.3 Å². The molecule has 0 N–H and O–H groups in total. The molecule has 1 aliphatic rings. The maximum Gasteiger partial charge on any atom is 0.235 e. The van der Waals surface area contributed by atoms with Crippen molar-refractivity contribution in [1.82, 2.24) is 30.0 Å². The van der Waals surface area contributed by atoms with E-state index in [2.05, 4.69) is 31.6 Å². The lowest BCUT2D eigenvalue weighted by Crippen LogP contribution is -2.18. The van der Waals surface area contributed by atoms with Gasteiger partial charge in [0.05, 0.1) is 17.9 Å². The lowest BCUT2D eigenvalue weighted by molar-refractivity contribution is 0.466. The fourth-order valence-corrected chi connectivity index (χ4v) is 2.38. The summed E-state index contributed by atoms with van der Waals surface area (Å²) in [6.07, 6.45) is 4.04. The lowest BCUT2D eigenvalue weighted by Gasteiger charge is -2.18. The molecule has 0 radical (unpaired) electrons. The highest BCUT2D eigenvalue weighted by atomic mass is 16.4. The average Bonchev–Trinajstić information content (AvgIpc) is 3.08. The zero-order valence-electron chi connectivity index (χ0n) is 11.9. The average molecular weight is 285 g/mol. The Bertz CT molecular complexity index is 789. The Labute approximate surface area is 120 Å². The van der Waals surface area contributed by atoms with Gasteiger partial charge in [0.1, 0.15) is 6.33 Å². The highest BCUT2D eigenvalue weighted by Gasteiger charge is 2.27. The number of aryl methyl sites for hydroxylation is 1. The molecule has 0 amide bonds. The largest absolute Gasteiger partial charge is 0.424 e. The van der Waals surface area contributed by atoms with Gasteiger partial charge in [0.15, 0.2) is 0 Å². The van der Waals surface area contributed by atoms with Gasteiger partial charge in [-0.2, -0.15) is 9.61 Å². The molecule has 0 aliphatic heterocycles. The van der Waals surface area contributed by atoms with Crippen LogP contribution in [0.2, 0.25) is 0 Å². The van der Waals surface area contributed by atoms with Crippen LogP contribution in [0.3, 0.4) is 0 Å². The van der Waals surface area contributed by atoms with Crippen LogP contribution in [0.25, 0.3) is 5.65 Å². The molecule has 0 spiro atoms. The Kier molecular flexibility index (Phi) is 2.63. The number of anilines is 1. The molecule has 0 aromatic carbocycles. The van der Waals surface area contributed by atoms with Gasteiger partial charge >= 0.3 is 0 Å². The third-order valence-electron chi connectivity index (χ3n) is 3.61. The van der Waals surface area contributed by atoms with Gasteiger partial charge in [-0.15, -0.1) is 20.4 Å². The van der Waals surface area contributed by atoms with E-state index in [1.54, 1.807) is 17.8 Å². The first-order valence-corrected chi connectivity index (χ1v) is 6.92. The molecule has 4 rings (SSSR count). The van der Waals surface area contributed by atoms with Crippen molar-refractivity contribution in [3.8, 4) is 0 Å². The van der Waals surface area contributed by atoms with Crippen molar-refractivity contribution in [2.45, 2.75) is 32.2 Å². The zero-order chi connectivity index (χ0) is 14.4. The van der Waals surface area contributed by atoms with Crippen molar-refractivity contribution in [2.24, 2.45) is 0 Å². The molecule has 0 unspecified atom stereocenters. The number of nitrogens with zero attached hydrogens (tertiary/aromatic N) is 7. The van der Waals surface area contributed by atoms with Gasteiger partial charge in [0, 0.05) is 19.9 Å². The van der Waals surface area contributed by atoms with Gasteiger partial charge in [-0.25, -0.2) is 0 Å². The normalized spacial score (nSPS) is 14.8. The predicted octanol–water partition coefficient (Wildman–Crippen LogP) is 1.33. The van der Waals surface area contributed by atoms with Crippen LogP contribution >= 0.6 is 0 Å². The first kappa shape index (κ1) is 12.2. The number of fused-ring (bicyclic) bond motifs is 1. The lowest BCUT2D eigenvalue weighted by atomic mass is 10.2. The molecule has 1 fully saturated rings. The number of rotatable bonds is 4. The van der Waals surface area contributed by atoms with Crippen LogP contribution in [0.15, 0.2) is 16.8 Å². The van der Waals surface area contributed by atoms with E-state index >= 15 is 0 Å². The SMILES string of the molecule is Cc1nnc(CN(C)c2cc(C3CC3)nn3cnnc23)o1. The highest BCUT2D eigenvalue weighted by molar-refractivity contribution is 5.68. The summed E-state index contributed by atoms with van der Waals surface area (Å²) in [5.74, 6) is 1.71. The summed E-state index contributed by atoms with van der Waals surface area (Å²) in [5.41, 5.74) is 2.80. The van der Waals surface area contributed by atoms with Gasteiger partial charge in [-0.05, 0) is 18.9 Å². The van der Waals surface area contributed by atoms with Crippen molar-refractivity contribution in [3.05, 3.63) is 29.9 Å². The molecule has 108 valence electrons. The molecule has 8 nitrogen and oxygen atoms in total. The van der Waals surface area contributed by atoms with Gasteiger partial charge in [-0.3, -0.25) is 0 Å². The molecular weight excluding hydrogens is 270 g/mol. The Morgan fingerprint density at radius 1 is 1.33 bits per heavy atom. The van der Waals surface area contributed by atoms with Crippen molar-refractivity contribution < 1.29 is 4.42 Å². The van der Waals surface area contributed by atoms with Gasteiger partial charge in [0.25, 0.3) is 0 Å². The van der Waals surface area contributed by atoms with Crippen molar-refractivity contribution in [2.75, 3.05) is 11.9 Å². The molecule has 3 heterocycles. The molecule has 0 atom stereocenters. The maximum absolute atomic E-state index is 5.44. The van der Waals surface area contributed by atoms with E-state index in [0.29, 0.717) is 24.2 Å². The second-order valence-electron chi connectivity index (χ2n) is 5.40. The quantitative estimate of drug-likeness (QED) is 0.714. The Balaban J connectivity index is 1.71. The highest BCUT2D eigenvalue weighted by Crippen LogP contribution is 2.40. The van der Waals surface area contributed by atoms with Crippen LogP contribution in [0.1, 0.15) is 36.2 Å². The van der Waals surface area contributed by atoms with Gasteiger partial charge < -0.3 is 9.32 Å². The minimum absolute atomic E-state index is 0.525. The summed E-state index contributed by atoms with van der Waals surface area (Å²) in [5, 5.41) is 20.5. The van der Waals surface area contributed by atoms with E-state index < -0.39 is 0 Å². The summed E-state index contributed by atoms with van der Waals surface area (Å²) >= 11 is 0. The van der Waals surface area contributed by atoms with Crippen molar-refractivity contribution in [1.29, 1.82) is 0 Å². The van der Waals surface area contributed by atoms with Crippen LogP contribution in [0, 0.1) is 6.92 Å². The molecule has 0 saturated heterocycles. The monoisotopic (exact) mass is 285 g/mol. The van der Waals surface area contributed by atoms with E-state index in [-0.39, 0.29) is 0 Å². The maximum atomic E-state index is 5.44. The first-order chi connectivity index (χ1) is 10.2. The molecule has 0 bridgehead atoms. The van der Waals surface area contributed by atoms with Crippen molar-refractivity contribution in [3.63, 3.8) is 0 Å². The number of hydrogen-bond acceptors (Lipinski definition) is 7. The van der Waals surface area contributed by atoms with Crippen LogP contribution < -0.4 is 4.90 Å². The summed E-state index contributed by atoms with van der Waals surface area (Å²) in [6, 6.07) is 2.09. The summed E-state index contributed by atoms with van der Waals surface area (Å²) in [7, 11) is 1.97. The standard InChI is InChI=1S/C13H15N7O/c1-8-15-16-12(21-8)6-19(2)11-5-10(9-3-4-9)18-20-7-14-17-13(11)20/h5,7,9H,3-4,6H2,1-2H3. The molecule has 1 aliphatic carbocycles. The van der Waals surface area contributed by atoms with E-state index in [1.807, 2.05) is 11.9 Å². The smallest absolute Gasteiger partial charge is 0.235 e. The van der Waals surface area contributed by atoms with E-state index in [0.717, 1.165) is 17.0 Å². The number of hydrogen-bond donors (Lipinski definition) is 0. The third-order valence-corrected chi connectivity index (χ3v) is 3.61. The van der Waals surface area contributed by atoms with Crippen LogP contribution in [-0.2, 0) is 6.54 Å². The van der Waals surface area contributed by atoms with Crippen LogP contribution in [0.5, 0.6) is 0 Å². The summed E-state index contributed by atoms with van der Waals surface area (Å²) in [6.45, 7) is 2.31. The van der Waals surface area contributed by atoms with Gasteiger partial charge in [0.2, 0.25) is 17.4 Å². The predicted molar refractivity (Wildman–Crippen MR) is 73.9 cm³/mol. The number of aromatic nitrogens is 6. The third kappa shape index (κ3) is 2.22. The summed E-state index contributed by atoms with van der Waals surface area (Å²) < 4.78 is 7.17. The first-order valence-electron chi connectivity index (χ1n) is 6.92. The molecule has 3 aromatic heterocycles. The van der Waals surface area contributed by atoms with E-state index in [9.17, 15) is 0 Å². The topological polar surface area (TPSA) is 85.2 Å². The minimum atomic E-state index is 0.525. The van der Waals surface area contributed by atoms with E-state index in [1.165, 1.54) is 12.8 Å². The Morgan fingerprint density at radius 2 is 2.19 bits per heavy atom. The minimum Gasteiger partial charge on any atom is -0.424 e. The molecule has 1 saturated carbocycles. The molecular formula is C13H15N7O. The van der Waals surface area contributed by atoms with E-state index in [4.69, 9.17) is 4.42 Å². The molecule has 21 heavy (non-hydrogen) atoms. The molecule has 8 heteroatoms. The second kappa shape index (κ2) is 4.51.